The molecule has 1 N–H and O–H groups in total. The van der Waals surface area contributed by atoms with Crippen molar-refractivity contribution in [2.75, 3.05) is 6.54 Å². The molecule has 1 aromatic rings. The molecule has 3 unspecified atom stereocenters. The van der Waals surface area contributed by atoms with Gasteiger partial charge in [-0.3, -0.25) is 0 Å². The van der Waals surface area contributed by atoms with E-state index in [-0.39, 0.29) is 0 Å². The number of aryl methyl sites for hydroxylation is 1. The van der Waals surface area contributed by atoms with Crippen LogP contribution in [0.2, 0.25) is 0 Å². The summed E-state index contributed by atoms with van der Waals surface area (Å²) in [5.74, 6) is 1.83. The third-order valence-corrected chi connectivity index (χ3v) is 5.04. The molecule has 2 heteroatoms. The second-order valence-corrected chi connectivity index (χ2v) is 6.49. The molecule has 17 heavy (non-hydrogen) atoms. The van der Waals surface area contributed by atoms with Crippen LogP contribution in [-0.4, -0.2) is 6.54 Å². The Morgan fingerprint density at radius 3 is 2.76 bits per heavy atom. The predicted octanol–water partition coefficient (Wildman–Crippen LogP) is 4.53. The normalized spacial score (nSPS) is 26.3. The molecule has 3 atom stereocenters. The van der Waals surface area contributed by atoms with Crippen LogP contribution in [0.25, 0.3) is 0 Å². The number of hydrogen-bond donors (Lipinski definition) is 1. The van der Waals surface area contributed by atoms with Gasteiger partial charge in [0, 0.05) is 10.9 Å². The highest BCUT2D eigenvalue weighted by atomic mass is 32.1. The van der Waals surface area contributed by atoms with Crippen LogP contribution in [0.4, 0.5) is 0 Å². The summed E-state index contributed by atoms with van der Waals surface area (Å²) in [7, 11) is 0. The first-order valence-electron chi connectivity index (χ1n) is 7.03. The highest BCUT2D eigenvalue weighted by Gasteiger charge is 2.30. The lowest BCUT2D eigenvalue weighted by Crippen LogP contribution is -2.26. The second-order valence-electron chi connectivity index (χ2n) is 5.37. The summed E-state index contributed by atoms with van der Waals surface area (Å²) in [5.41, 5.74) is 1.52. The largest absolute Gasteiger partial charge is 0.310 e. The quantitative estimate of drug-likeness (QED) is 0.810. The smallest absolute Gasteiger partial charge is 0.0357 e. The van der Waals surface area contributed by atoms with Crippen LogP contribution in [0, 0.1) is 18.8 Å². The van der Waals surface area contributed by atoms with Gasteiger partial charge in [0.2, 0.25) is 0 Å². The van der Waals surface area contributed by atoms with Crippen molar-refractivity contribution in [2.45, 2.75) is 52.5 Å². The van der Waals surface area contributed by atoms with Crippen LogP contribution in [0.1, 0.15) is 56.0 Å². The van der Waals surface area contributed by atoms with Gasteiger partial charge in [-0.2, -0.15) is 0 Å². The Labute approximate surface area is 110 Å². The molecular weight excluding hydrogens is 226 g/mol. The fourth-order valence-corrected chi connectivity index (χ4v) is 3.93. The summed E-state index contributed by atoms with van der Waals surface area (Å²) in [4.78, 5) is 1.44. The summed E-state index contributed by atoms with van der Waals surface area (Å²) in [6, 6.07) is 2.97. The van der Waals surface area contributed by atoms with Gasteiger partial charge in [0.05, 0.1) is 0 Å². The number of thiophene rings is 1. The van der Waals surface area contributed by atoms with E-state index in [1.807, 2.05) is 11.3 Å². The van der Waals surface area contributed by atoms with E-state index in [9.17, 15) is 0 Å². The molecule has 2 rings (SSSR count). The maximum atomic E-state index is 3.71. The fourth-order valence-electron chi connectivity index (χ4n) is 3.19. The van der Waals surface area contributed by atoms with Gasteiger partial charge in [-0.15, -0.1) is 11.3 Å². The van der Waals surface area contributed by atoms with Crippen molar-refractivity contribution in [3.63, 3.8) is 0 Å². The summed E-state index contributed by atoms with van der Waals surface area (Å²) >= 11 is 1.88. The summed E-state index contributed by atoms with van der Waals surface area (Å²) < 4.78 is 0. The maximum absolute atomic E-state index is 3.71. The summed E-state index contributed by atoms with van der Waals surface area (Å²) in [5, 5.41) is 6.05. The third kappa shape index (κ3) is 3.11. The topological polar surface area (TPSA) is 12.0 Å². The molecule has 0 saturated heterocycles. The van der Waals surface area contributed by atoms with Crippen molar-refractivity contribution in [3.05, 3.63) is 21.9 Å². The van der Waals surface area contributed by atoms with E-state index in [0.717, 1.165) is 18.4 Å². The lowest BCUT2D eigenvalue weighted by Gasteiger charge is -2.24. The zero-order chi connectivity index (χ0) is 12.3. The first kappa shape index (κ1) is 13.1. The minimum absolute atomic E-state index is 0.599. The molecule has 0 spiro atoms. The molecule has 1 fully saturated rings. The lowest BCUT2D eigenvalue weighted by atomic mass is 9.91. The summed E-state index contributed by atoms with van der Waals surface area (Å²) in [6.07, 6.45) is 5.62. The molecule has 96 valence electrons. The van der Waals surface area contributed by atoms with Crippen molar-refractivity contribution in [1.29, 1.82) is 0 Å². The van der Waals surface area contributed by atoms with Gasteiger partial charge in [-0.25, -0.2) is 0 Å². The molecule has 1 saturated carbocycles. The molecule has 1 aliphatic carbocycles. The molecular formula is C15H25NS. The summed E-state index contributed by atoms with van der Waals surface area (Å²) in [6.45, 7) is 7.84. The van der Waals surface area contributed by atoms with Crippen LogP contribution >= 0.6 is 11.3 Å². The Balaban J connectivity index is 2.07. The number of rotatable bonds is 5. The molecule has 1 nitrogen and oxygen atoms in total. The van der Waals surface area contributed by atoms with E-state index < -0.39 is 0 Å². The Morgan fingerprint density at radius 2 is 2.24 bits per heavy atom. The second kappa shape index (κ2) is 6.01. The van der Waals surface area contributed by atoms with Gasteiger partial charge in [-0.05, 0) is 55.2 Å². The third-order valence-electron chi connectivity index (χ3n) is 4.16. The number of hydrogen-bond acceptors (Lipinski definition) is 2. The van der Waals surface area contributed by atoms with Gasteiger partial charge in [0.15, 0.2) is 0 Å². The Kier molecular flexibility index (Phi) is 4.63. The highest BCUT2D eigenvalue weighted by Crippen LogP contribution is 2.41. The van der Waals surface area contributed by atoms with Crippen LogP contribution in [0.3, 0.4) is 0 Å². The van der Waals surface area contributed by atoms with Gasteiger partial charge < -0.3 is 5.32 Å². The van der Waals surface area contributed by atoms with Crippen LogP contribution in [0.15, 0.2) is 11.4 Å². The monoisotopic (exact) mass is 251 g/mol. The molecule has 0 bridgehead atoms. The molecule has 1 heterocycles. The van der Waals surface area contributed by atoms with Gasteiger partial charge >= 0.3 is 0 Å². The van der Waals surface area contributed by atoms with Crippen molar-refractivity contribution in [1.82, 2.24) is 5.32 Å². The first-order chi connectivity index (χ1) is 8.24. The minimum Gasteiger partial charge on any atom is -0.310 e. The van der Waals surface area contributed by atoms with E-state index in [2.05, 4.69) is 37.5 Å². The lowest BCUT2D eigenvalue weighted by molar-refractivity contribution is 0.360. The van der Waals surface area contributed by atoms with Gasteiger partial charge in [-0.1, -0.05) is 26.7 Å². The van der Waals surface area contributed by atoms with Crippen molar-refractivity contribution >= 4 is 11.3 Å². The van der Waals surface area contributed by atoms with E-state index in [1.54, 1.807) is 0 Å². The molecule has 1 aliphatic rings. The average Bonchev–Trinajstić information content (AvgIpc) is 2.94. The number of nitrogens with one attached hydrogen (secondary N) is 1. The van der Waals surface area contributed by atoms with E-state index >= 15 is 0 Å². The SMILES string of the molecule is CCNC(c1csc(C)c1)C1CCC(CC)C1. The van der Waals surface area contributed by atoms with Crippen molar-refractivity contribution in [2.24, 2.45) is 11.8 Å². The minimum atomic E-state index is 0.599. The van der Waals surface area contributed by atoms with E-state index in [1.165, 1.54) is 36.1 Å². The highest BCUT2D eigenvalue weighted by molar-refractivity contribution is 7.10. The Hall–Kier alpha value is -0.340. The molecule has 1 aromatic heterocycles. The molecule has 0 aliphatic heterocycles. The Morgan fingerprint density at radius 1 is 1.41 bits per heavy atom. The van der Waals surface area contributed by atoms with E-state index in [4.69, 9.17) is 0 Å². The van der Waals surface area contributed by atoms with Gasteiger partial charge in [0.25, 0.3) is 0 Å². The van der Waals surface area contributed by atoms with E-state index in [0.29, 0.717) is 6.04 Å². The standard InChI is InChI=1S/C15H25NS/c1-4-12-6-7-13(9-12)15(16-5-2)14-8-11(3)17-10-14/h8,10,12-13,15-16H,4-7,9H2,1-3H3. The average molecular weight is 251 g/mol. The fraction of sp³-hybridized carbons (Fsp3) is 0.733. The van der Waals surface area contributed by atoms with Crippen molar-refractivity contribution < 1.29 is 0 Å². The molecule has 0 amide bonds. The molecule has 0 aromatic carbocycles. The van der Waals surface area contributed by atoms with Crippen LogP contribution in [-0.2, 0) is 0 Å². The zero-order valence-corrected chi connectivity index (χ0v) is 12.1. The predicted molar refractivity (Wildman–Crippen MR) is 76.6 cm³/mol. The van der Waals surface area contributed by atoms with Crippen molar-refractivity contribution in [3.8, 4) is 0 Å². The zero-order valence-electron chi connectivity index (χ0n) is 11.3. The first-order valence-corrected chi connectivity index (χ1v) is 7.91. The molecule has 0 radical (unpaired) electrons. The van der Waals surface area contributed by atoms with Gasteiger partial charge in [0.1, 0.15) is 0 Å². The van der Waals surface area contributed by atoms with Crippen LogP contribution < -0.4 is 5.32 Å². The van der Waals surface area contributed by atoms with Crippen LogP contribution in [0.5, 0.6) is 0 Å². The Bertz CT molecular complexity index is 344. The maximum Gasteiger partial charge on any atom is 0.0357 e.